The fraction of sp³-hybridized carbons (Fsp3) is 0.316. The first-order chi connectivity index (χ1) is 12.5. The number of fused-ring (bicyclic) bond motifs is 3. The summed E-state index contributed by atoms with van der Waals surface area (Å²) in [6.07, 6.45) is 3.78. The summed E-state index contributed by atoms with van der Waals surface area (Å²) >= 11 is 1.68. The molecule has 134 valence electrons. The van der Waals surface area contributed by atoms with Crippen molar-refractivity contribution >= 4 is 21.2 Å². The quantitative estimate of drug-likeness (QED) is 0.696. The molecule has 0 radical (unpaired) electrons. The Labute approximate surface area is 156 Å². The van der Waals surface area contributed by atoms with Gasteiger partial charge >= 0.3 is 0 Å². The highest BCUT2D eigenvalue weighted by molar-refractivity contribution is 7.92. The van der Waals surface area contributed by atoms with E-state index in [9.17, 15) is 8.42 Å². The molecule has 2 aliphatic heterocycles. The molecule has 1 fully saturated rings. The topological polar surface area (TPSA) is 55.2 Å². The van der Waals surface area contributed by atoms with E-state index in [-0.39, 0.29) is 11.2 Å². The molecule has 0 amide bonds. The van der Waals surface area contributed by atoms with Gasteiger partial charge < -0.3 is 0 Å². The molecule has 5 nitrogen and oxygen atoms in total. The van der Waals surface area contributed by atoms with Crippen molar-refractivity contribution < 1.29 is 8.42 Å². The van der Waals surface area contributed by atoms with Gasteiger partial charge in [-0.1, -0.05) is 6.07 Å². The van der Waals surface area contributed by atoms with Gasteiger partial charge in [-0.3, -0.25) is 9.58 Å². The molecule has 0 spiro atoms. The van der Waals surface area contributed by atoms with Crippen LogP contribution in [0.3, 0.4) is 0 Å². The van der Waals surface area contributed by atoms with Gasteiger partial charge in [0.2, 0.25) is 0 Å². The normalized spacial score (nSPS) is 23.9. The number of aryl methyl sites for hydroxylation is 1. The van der Waals surface area contributed by atoms with Gasteiger partial charge in [-0.05, 0) is 45.6 Å². The zero-order valence-electron chi connectivity index (χ0n) is 14.4. The minimum atomic E-state index is -3.25. The molecule has 0 saturated carbocycles. The van der Waals surface area contributed by atoms with Crippen LogP contribution in [0.5, 0.6) is 0 Å². The fourth-order valence-corrected chi connectivity index (χ4v) is 7.10. The molecule has 1 saturated heterocycles. The lowest BCUT2D eigenvalue weighted by Crippen LogP contribution is -2.25. The molecule has 7 heteroatoms. The number of benzene rings is 1. The summed E-state index contributed by atoms with van der Waals surface area (Å²) in [7, 11) is -1.36. The van der Waals surface area contributed by atoms with Crippen LogP contribution in [-0.2, 0) is 23.4 Å². The van der Waals surface area contributed by atoms with Gasteiger partial charge in [0.25, 0.3) is 0 Å². The first kappa shape index (κ1) is 16.2. The number of nitrogens with zero attached hydrogens (tertiary/aromatic N) is 3. The summed E-state index contributed by atoms with van der Waals surface area (Å²) in [5, 5.41) is 8.11. The summed E-state index contributed by atoms with van der Waals surface area (Å²) in [4.78, 5) is 2.80. The smallest absolute Gasteiger partial charge is 0.183 e. The number of hydrogen-bond acceptors (Lipinski definition) is 5. The van der Waals surface area contributed by atoms with Gasteiger partial charge in [-0.25, -0.2) is 8.42 Å². The summed E-state index contributed by atoms with van der Waals surface area (Å²) in [5.74, 6) is 0.0604. The average molecular weight is 386 g/mol. The zero-order valence-corrected chi connectivity index (χ0v) is 16.0. The number of thiophene rings is 1. The zero-order chi connectivity index (χ0) is 17.9. The van der Waals surface area contributed by atoms with E-state index in [0.717, 1.165) is 29.8 Å². The predicted octanol–water partition coefficient (Wildman–Crippen LogP) is 2.90. The first-order valence-corrected chi connectivity index (χ1v) is 11.1. The highest BCUT2D eigenvalue weighted by atomic mass is 32.2. The van der Waals surface area contributed by atoms with Gasteiger partial charge in [0, 0.05) is 44.4 Å². The van der Waals surface area contributed by atoms with Crippen LogP contribution >= 0.6 is 11.3 Å². The number of aromatic nitrogens is 2. The van der Waals surface area contributed by atoms with Gasteiger partial charge in [0.05, 0.1) is 16.3 Å². The van der Waals surface area contributed by atoms with Crippen molar-refractivity contribution in [2.75, 3.05) is 13.1 Å². The molecule has 0 aliphatic carbocycles. The van der Waals surface area contributed by atoms with Crippen LogP contribution in [0.4, 0.5) is 0 Å². The van der Waals surface area contributed by atoms with Crippen molar-refractivity contribution in [3.8, 4) is 11.1 Å². The molecule has 4 heterocycles. The Morgan fingerprint density at radius 2 is 2.12 bits per heavy atom. The van der Waals surface area contributed by atoms with Crippen LogP contribution in [0.2, 0.25) is 0 Å². The monoisotopic (exact) mass is 385 g/mol. The second kappa shape index (κ2) is 5.77. The van der Waals surface area contributed by atoms with E-state index < -0.39 is 9.84 Å². The van der Waals surface area contributed by atoms with Crippen LogP contribution in [-0.4, -0.2) is 41.4 Å². The number of likely N-dealkylation sites (tertiary alicyclic amines) is 1. The third-order valence-corrected chi connectivity index (χ3v) is 8.47. The maximum atomic E-state index is 13.0. The van der Waals surface area contributed by atoms with Gasteiger partial charge in [-0.2, -0.15) is 16.4 Å². The molecule has 3 aromatic rings. The standard InChI is InChI=1S/C19H19N3O2S2/c1-21-9-15(7-20-21)14-2-3-18-16(6-14)17-10-22(8-13-4-5-25-12-13)11-19(17)26(18,23)24/h2-7,9,12,17,19H,8,10-11H2,1H3/t17-,19+/m1/s1. The van der Waals surface area contributed by atoms with E-state index in [1.165, 1.54) is 5.56 Å². The second-order valence-corrected chi connectivity index (χ2v) is 10.1. The van der Waals surface area contributed by atoms with Gasteiger partial charge in [0.15, 0.2) is 9.84 Å². The van der Waals surface area contributed by atoms with E-state index in [0.29, 0.717) is 11.4 Å². The van der Waals surface area contributed by atoms with Gasteiger partial charge in [0.1, 0.15) is 0 Å². The summed E-state index contributed by atoms with van der Waals surface area (Å²) in [6, 6.07) is 7.86. The Morgan fingerprint density at radius 1 is 1.23 bits per heavy atom. The summed E-state index contributed by atoms with van der Waals surface area (Å²) < 4.78 is 27.8. The van der Waals surface area contributed by atoms with E-state index in [1.54, 1.807) is 22.1 Å². The number of sulfone groups is 1. The highest BCUT2D eigenvalue weighted by Gasteiger charge is 2.50. The molecule has 0 N–H and O–H groups in total. The Kier molecular flexibility index (Phi) is 3.60. The van der Waals surface area contributed by atoms with E-state index in [2.05, 4.69) is 32.9 Å². The molecule has 26 heavy (non-hydrogen) atoms. The van der Waals surface area contributed by atoms with Crippen molar-refractivity contribution in [2.45, 2.75) is 22.6 Å². The lowest BCUT2D eigenvalue weighted by Gasteiger charge is -2.16. The maximum absolute atomic E-state index is 13.0. The van der Waals surface area contributed by atoms with Crippen LogP contribution in [0.1, 0.15) is 17.0 Å². The molecule has 2 aliphatic rings. The molecule has 1 aromatic carbocycles. The Bertz CT molecular complexity index is 1070. The minimum Gasteiger partial charge on any atom is -0.297 e. The second-order valence-electron chi connectivity index (χ2n) is 7.17. The molecule has 5 rings (SSSR count). The van der Waals surface area contributed by atoms with E-state index in [4.69, 9.17) is 0 Å². The third-order valence-electron chi connectivity index (χ3n) is 5.48. The maximum Gasteiger partial charge on any atom is 0.183 e. The fourth-order valence-electron chi connectivity index (χ4n) is 4.25. The lowest BCUT2D eigenvalue weighted by molar-refractivity contribution is 0.326. The molecule has 0 bridgehead atoms. The third kappa shape index (κ3) is 2.46. The minimum absolute atomic E-state index is 0.0604. The van der Waals surface area contributed by atoms with Crippen molar-refractivity contribution in [3.05, 3.63) is 58.5 Å². The van der Waals surface area contributed by atoms with Crippen LogP contribution in [0.15, 0.2) is 52.3 Å². The molecule has 0 unspecified atom stereocenters. The van der Waals surface area contributed by atoms with E-state index >= 15 is 0 Å². The van der Waals surface area contributed by atoms with Crippen molar-refractivity contribution in [1.82, 2.24) is 14.7 Å². The van der Waals surface area contributed by atoms with Gasteiger partial charge in [-0.15, -0.1) is 0 Å². The average Bonchev–Trinajstić information content (AvgIpc) is 3.37. The molecule has 2 atom stereocenters. The van der Waals surface area contributed by atoms with E-state index in [1.807, 2.05) is 25.5 Å². The predicted molar refractivity (Wildman–Crippen MR) is 102 cm³/mol. The first-order valence-electron chi connectivity index (χ1n) is 8.62. The number of hydrogen-bond donors (Lipinski definition) is 0. The molecular weight excluding hydrogens is 366 g/mol. The highest BCUT2D eigenvalue weighted by Crippen LogP contribution is 2.46. The van der Waals surface area contributed by atoms with Crippen LogP contribution < -0.4 is 0 Å². The van der Waals surface area contributed by atoms with Crippen LogP contribution in [0, 0.1) is 0 Å². The van der Waals surface area contributed by atoms with Crippen molar-refractivity contribution in [3.63, 3.8) is 0 Å². The van der Waals surface area contributed by atoms with Crippen molar-refractivity contribution in [1.29, 1.82) is 0 Å². The van der Waals surface area contributed by atoms with Crippen LogP contribution in [0.25, 0.3) is 11.1 Å². The largest absolute Gasteiger partial charge is 0.297 e. The lowest BCUT2D eigenvalue weighted by atomic mass is 9.95. The number of rotatable bonds is 3. The molecule has 2 aromatic heterocycles. The van der Waals surface area contributed by atoms with Crippen molar-refractivity contribution in [2.24, 2.45) is 7.05 Å². The SMILES string of the molecule is Cn1cc(-c2ccc3c(c2)[C@H]2CN(Cc4ccsc4)C[C@@H]2S3(=O)=O)cn1. The molecular formula is C19H19N3O2S2. The summed E-state index contributed by atoms with van der Waals surface area (Å²) in [6.45, 7) is 2.23. The summed E-state index contributed by atoms with van der Waals surface area (Å²) in [5.41, 5.74) is 4.29. The Hall–Kier alpha value is -1.96. The Balaban J connectivity index is 1.50. The Morgan fingerprint density at radius 3 is 2.85 bits per heavy atom.